The van der Waals surface area contributed by atoms with Crippen LogP contribution in [0.1, 0.15) is 19.3 Å². The summed E-state index contributed by atoms with van der Waals surface area (Å²) in [6.45, 7) is 1.83. The first-order chi connectivity index (χ1) is 10.3. The zero-order valence-electron chi connectivity index (χ0n) is 11.9. The van der Waals surface area contributed by atoms with E-state index in [1.807, 2.05) is 24.3 Å². The smallest absolute Gasteiger partial charge is 0.326 e. The van der Waals surface area contributed by atoms with Gasteiger partial charge in [-0.25, -0.2) is 4.79 Å². The van der Waals surface area contributed by atoms with Crippen LogP contribution < -0.4 is 16.3 Å². The number of aromatic amines is 1. The average molecular weight is 288 g/mol. The minimum absolute atomic E-state index is 0.0302. The molecule has 112 valence electrons. The number of carbonyl (C=O) groups excluding carboxylic acids is 1. The van der Waals surface area contributed by atoms with Gasteiger partial charge >= 0.3 is 5.69 Å². The second kappa shape index (κ2) is 6.13. The van der Waals surface area contributed by atoms with Crippen LogP contribution in [0.15, 0.2) is 29.1 Å². The Morgan fingerprint density at radius 1 is 1.33 bits per heavy atom. The molecule has 1 atom stereocenters. The third-order valence-corrected chi connectivity index (χ3v) is 3.94. The minimum atomic E-state index is -0.138. The zero-order chi connectivity index (χ0) is 14.7. The van der Waals surface area contributed by atoms with Crippen LogP contribution in [0.2, 0.25) is 0 Å². The summed E-state index contributed by atoms with van der Waals surface area (Å²) < 4.78 is 1.66. The number of H-pyrrole nitrogens is 1. The molecule has 0 saturated carbocycles. The molecular formula is C15H20N4O2. The molecule has 0 aliphatic carbocycles. The lowest BCUT2D eigenvalue weighted by molar-refractivity contribution is -0.123. The van der Waals surface area contributed by atoms with Crippen molar-refractivity contribution in [1.82, 2.24) is 20.2 Å². The van der Waals surface area contributed by atoms with E-state index in [1.165, 1.54) is 0 Å². The lowest BCUT2D eigenvalue weighted by Gasteiger charge is -2.22. The number of imidazole rings is 1. The molecule has 1 amide bonds. The molecule has 1 aliphatic heterocycles. The molecule has 2 aromatic rings. The summed E-state index contributed by atoms with van der Waals surface area (Å²) in [7, 11) is 0. The molecule has 1 aromatic carbocycles. The van der Waals surface area contributed by atoms with Gasteiger partial charge in [0, 0.05) is 13.1 Å². The fourth-order valence-electron chi connectivity index (χ4n) is 2.82. The number of para-hydroxylation sites is 2. The lowest BCUT2D eigenvalue weighted by Crippen LogP contribution is -2.47. The van der Waals surface area contributed by atoms with Gasteiger partial charge in [-0.15, -0.1) is 0 Å². The van der Waals surface area contributed by atoms with Gasteiger partial charge in [0.2, 0.25) is 5.91 Å². The molecule has 0 radical (unpaired) electrons. The van der Waals surface area contributed by atoms with Crippen molar-refractivity contribution in [2.45, 2.75) is 31.8 Å². The molecular weight excluding hydrogens is 268 g/mol. The Labute approximate surface area is 122 Å². The molecule has 0 bridgehead atoms. The van der Waals surface area contributed by atoms with E-state index in [4.69, 9.17) is 0 Å². The van der Waals surface area contributed by atoms with Crippen molar-refractivity contribution in [2.75, 3.05) is 13.1 Å². The minimum Gasteiger partial charge on any atom is -0.353 e. The highest BCUT2D eigenvalue weighted by Gasteiger charge is 2.19. The molecule has 0 spiro atoms. The lowest BCUT2D eigenvalue weighted by atomic mass is 10.0. The van der Waals surface area contributed by atoms with E-state index in [-0.39, 0.29) is 17.6 Å². The molecule has 1 aromatic heterocycles. The van der Waals surface area contributed by atoms with Gasteiger partial charge < -0.3 is 15.6 Å². The van der Waals surface area contributed by atoms with Gasteiger partial charge in [0.25, 0.3) is 0 Å². The largest absolute Gasteiger partial charge is 0.353 e. The van der Waals surface area contributed by atoms with Crippen LogP contribution in [0, 0.1) is 0 Å². The summed E-state index contributed by atoms with van der Waals surface area (Å²) in [6.07, 6.45) is 3.11. The van der Waals surface area contributed by atoms with Crippen molar-refractivity contribution in [3.05, 3.63) is 34.7 Å². The molecule has 6 nitrogen and oxygen atoms in total. The van der Waals surface area contributed by atoms with Gasteiger partial charge in [-0.1, -0.05) is 18.6 Å². The zero-order valence-corrected chi connectivity index (χ0v) is 11.9. The summed E-state index contributed by atoms with van der Waals surface area (Å²) in [5, 5.41) is 6.12. The number of hydrogen-bond donors (Lipinski definition) is 3. The first-order valence-electron chi connectivity index (χ1n) is 7.44. The van der Waals surface area contributed by atoms with E-state index >= 15 is 0 Å². The van der Waals surface area contributed by atoms with Crippen LogP contribution in [0.4, 0.5) is 0 Å². The predicted octanol–water partition coefficient (Wildman–Crippen LogP) is 0.588. The Balaban J connectivity index is 1.60. The number of nitrogens with one attached hydrogen (secondary N) is 3. The Morgan fingerprint density at radius 2 is 2.19 bits per heavy atom. The Bertz CT molecular complexity index is 682. The van der Waals surface area contributed by atoms with Crippen LogP contribution in [-0.4, -0.2) is 34.6 Å². The van der Waals surface area contributed by atoms with E-state index < -0.39 is 0 Å². The van der Waals surface area contributed by atoms with E-state index in [0.29, 0.717) is 13.1 Å². The average Bonchev–Trinajstić information content (AvgIpc) is 2.84. The van der Waals surface area contributed by atoms with Gasteiger partial charge in [0.15, 0.2) is 0 Å². The monoisotopic (exact) mass is 288 g/mol. The summed E-state index contributed by atoms with van der Waals surface area (Å²) >= 11 is 0. The predicted molar refractivity (Wildman–Crippen MR) is 81.2 cm³/mol. The van der Waals surface area contributed by atoms with Gasteiger partial charge in [-0.3, -0.25) is 9.36 Å². The third-order valence-electron chi connectivity index (χ3n) is 3.94. The molecule has 1 unspecified atom stereocenters. The van der Waals surface area contributed by atoms with Crippen LogP contribution in [0.5, 0.6) is 0 Å². The Hall–Kier alpha value is -2.08. The normalized spacial score (nSPS) is 18.8. The maximum absolute atomic E-state index is 12.0. The molecule has 3 N–H and O–H groups in total. The van der Waals surface area contributed by atoms with Crippen molar-refractivity contribution in [3.63, 3.8) is 0 Å². The quantitative estimate of drug-likeness (QED) is 0.770. The van der Waals surface area contributed by atoms with Crippen molar-refractivity contribution < 1.29 is 4.79 Å². The number of carbonyl (C=O) groups is 1. The number of rotatable bonds is 4. The van der Waals surface area contributed by atoms with Crippen LogP contribution >= 0.6 is 0 Å². The van der Waals surface area contributed by atoms with Crippen molar-refractivity contribution in [3.8, 4) is 0 Å². The van der Waals surface area contributed by atoms with E-state index in [1.54, 1.807) is 4.57 Å². The van der Waals surface area contributed by atoms with Gasteiger partial charge in [-0.2, -0.15) is 0 Å². The second-order valence-electron chi connectivity index (χ2n) is 5.39. The van der Waals surface area contributed by atoms with Crippen molar-refractivity contribution in [1.29, 1.82) is 0 Å². The van der Waals surface area contributed by atoms with Crippen molar-refractivity contribution in [2.24, 2.45) is 0 Å². The first-order valence-corrected chi connectivity index (χ1v) is 7.44. The van der Waals surface area contributed by atoms with Crippen LogP contribution in [0.3, 0.4) is 0 Å². The van der Waals surface area contributed by atoms with E-state index in [0.717, 1.165) is 36.8 Å². The summed E-state index contributed by atoms with van der Waals surface area (Å²) in [4.78, 5) is 26.7. The molecule has 2 heterocycles. The fourth-order valence-corrected chi connectivity index (χ4v) is 2.82. The number of fused-ring (bicyclic) bond motifs is 1. The topological polar surface area (TPSA) is 78.9 Å². The summed E-state index contributed by atoms with van der Waals surface area (Å²) in [5.41, 5.74) is 1.55. The number of benzene rings is 1. The highest BCUT2D eigenvalue weighted by atomic mass is 16.2. The summed E-state index contributed by atoms with van der Waals surface area (Å²) in [6, 6.07) is 7.48. The number of nitrogens with zero attached hydrogens (tertiary/aromatic N) is 1. The molecule has 1 saturated heterocycles. The van der Waals surface area contributed by atoms with Crippen LogP contribution in [-0.2, 0) is 11.3 Å². The van der Waals surface area contributed by atoms with E-state index in [2.05, 4.69) is 15.6 Å². The SMILES string of the molecule is O=C(NCCn1c(=O)[nH]c2ccccc21)C1CCCCN1. The standard InChI is InChI=1S/C15H20N4O2/c20-14(12-6-3-4-8-16-12)17-9-10-19-13-7-2-1-5-11(13)18-15(19)21/h1-2,5,7,12,16H,3-4,6,8-10H2,(H,17,20)(H,18,21). The van der Waals surface area contributed by atoms with E-state index in [9.17, 15) is 9.59 Å². The second-order valence-corrected chi connectivity index (χ2v) is 5.39. The Morgan fingerprint density at radius 3 is 3.00 bits per heavy atom. The maximum Gasteiger partial charge on any atom is 0.326 e. The number of amides is 1. The molecule has 1 fully saturated rings. The first kappa shape index (κ1) is 13.9. The fraction of sp³-hybridized carbons (Fsp3) is 0.467. The highest BCUT2D eigenvalue weighted by molar-refractivity contribution is 5.81. The highest BCUT2D eigenvalue weighted by Crippen LogP contribution is 2.09. The number of piperidine rings is 1. The van der Waals surface area contributed by atoms with Crippen molar-refractivity contribution >= 4 is 16.9 Å². The number of aromatic nitrogens is 2. The maximum atomic E-state index is 12.0. The van der Waals surface area contributed by atoms with Gasteiger partial charge in [0.05, 0.1) is 17.1 Å². The van der Waals surface area contributed by atoms with Gasteiger partial charge in [0.1, 0.15) is 0 Å². The van der Waals surface area contributed by atoms with Gasteiger partial charge in [-0.05, 0) is 31.5 Å². The summed E-state index contributed by atoms with van der Waals surface area (Å²) in [5.74, 6) is 0.0302. The number of hydrogen-bond acceptors (Lipinski definition) is 3. The molecule has 21 heavy (non-hydrogen) atoms. The molecule has 3 rings (SSSR count). The third kappa shape index (κ3) is 3.00. The molecule has 1 aliphatic rings. The van der Waals surface area contributed by atoms with Crippen LogP contribution in [0.25, 0.3) is 11.0 Å². The molecule has 6 heteroatoms. The Kier molecular flexibility index (Phi) is 4.06.